The summed E-state index contributed by atoms with van der Waals surface area (Å²) in [6, 6.07) is 18.3. The number of hydrogen-bond donors (Lipinski definition) is 3. The first kappa shape index (κ1) is 36.3. The first-order chi connectivity index (χ1) is 19.5. The van der Waals surface area contributed by atoms with Gasteiger partial charge in [0.2, 0.25) is 0 Å². The van der Waals surface area contributed by atoms with E-state index >= 15 is 0 Å². The number of ether oxygens (including phenoxy) is 2. The quantitative estimate of drug-likeness (QED) is 0.122. The zero-order chi connectivity index (χ0) is 30.5. The second-order valence-electron chi connectivity index (χ2n) is 9.10. The van der Waals surface area contributed by atoms with E-state index in [1.54, 1.807) is 32.0 Å². The molecule has 3 aromatic carbocycles. The Morgan fingerprint density at radius 2 is 1.60 bits per heavy atom. The third-order valence-electron chi connectivity index (χ3n) is 5.66. The standard InChI is InChI=1S/C26H23Cl2NO6.C5H11N.ClH.H2/c1-15(2)25(32)34-20(13-16-9-5-3-6-10-16)29-24(31)18-14-19(27)22(30)21(28)23(18)35-26(33)17-11-7-4-8-12-17;1-4-5(2)6-3;;/h3-12,14-15,20,30H,13H2,1-2H3,(H,29,31);6H,2,4H2,1,3H3;2*1H/t20-;;;/m1.../s1. The first-order valence-electron chi connectivity index (χ1n) is 12.9. The number of nitrogens with one attached hydrogen (secondary N) is 2. The molecular formula is C31H37Cl3N2O6. The van der Waals surface area contributed by atoms with E-state index in [0.29, 0.717) is 0 Å². The van der Waals surface area contributed by atoms with E-state index in [1.807, 2.05) is 37.4 Å². The molecule has 3 aromatic rings. The van der Waals surface area contributed by atoms with Crippen molar-refractivity contribution in [3.8, 4) is 11.5 Å². The Balaban J connectivity index is 0.00000200. The molecule has 228 valence electrons. The number of aromatic hydroxyl groups is 1. The molecule has 3 N–H and O–H groups in total. The Labute approximate surface area is 263 Å². The van der Waals surface area contributed by atoms with Crippen molar-refractivity contribution in [3.63, 3.8) is 0 Å². The minimum Gasteiger partial charge on any atom is -0.505 e. The van der Waals surface area contributed by atoms with Gasteiger partial charge < -0.3 is 25.2 Å². The Kier molecular flexibility index (Phi) is 15.5. The maximum absolute atomic E-state index is 13.3. The first-order valence-corrected chi connectivity index (χ1v) is 13.6. The monoisotopic (exact) mass is 638 g/mol. The highest BCUT2D eigenvalue weighted by molar-refractivity contribution is 6.39. The van der Waals surface area contributed by atoms with Crippen LogP contribution in [0.15, 0.2) is 79.0 Å². The fraction of sp³-hybridized carbons (Fsp3) is 0.258. The molecule has 3 rings (SSSR count). The number of rotatable bonds is 10. The Morgan fingerprint density at radius 1 is 1.02 bits per heavy atom. The molecule has 0 radical (unpaired) electrons. The van der Waals surface area contributed by atoms with E-state index in [9.17, 15) is 19.5 Å². The number of hydrogen-bond acceptors (Lipinski definition) is 7. The summed E-state index contributed by atoms with van der Waals surface area (Å²) in [5, 5.41) is 15.1. The van der Waals surface area contributed by atoms with E-state index in [2.05, 4.69) is 24.1 Å². The van der Waals surface area contributed by atoms with Gasteiger partial charge in [0, 0.05) is 20.6 Å². The molecule has 11 heteroatoms. The lowest BCUT2D eigenvalue weighted by atomic mass is 10.1. The summed E-state index contributed by atoms with van der Waals surface area (Å²) in [7, 11) is 1.88. The predicted octanol–water partition coefficient (Wildman–Crippen LogP) is 7.21. The molecule has 42 heavy (non-hydrogen) atoms. The van der Waals surface area contributed by atoms with Gasteiger partial charge in [-0.3, -0.25) is 9.59 Å². The van der Waals surface area contributed by atoms with Crippen LogP contribution in [0.1, 0.15) is 54.9 Å². The van der Waals surface area contributed by atoms with Crippen molar-refractivity contribution in [3.05, 3.63) is 106 Å². The maximum atomic E-state index is 13.3. The second kappa shape index (κ2) is 18.0. The van der Waals surface area contributed by atoms with Gasteiger partial charge in [0.05, 0.1) is 22.1 Å². The third-order valence-corrected chi connectivity index (χ3v) is 6.30. The molecule has 0 heterocycles. The second-order valence-corrected chi connectivity index (χ2v) is 9.89. The highest BCUT2D eigenvalue weighted by Gasteiger charge is 2.27. The van der Waals surface area contributed by atoms with Gasteiger partial charge in [-0.15, -0.1) is 12.4 Å². The molecule has 1 amide bonds. The van der Waals surface area contributed by atoms with Crippen LogP contribution in [0, 0.1) is 5.92 Å². The van der Waals surface area contributed by atoms with Crippen LogP contribution in [-0.2, 0) is 16.0 Å². The molecule has 0 aliphatic rings. The van der Waals surface area contributed by atoms with Crippen molar-refractivity contribution >= 4 is 53.5 Å². The van der Waals surface area contributed by atoms with Gasteiger partial charge >= 0.3 is 11.9 Å². The zero-order valence-electron chi connectivity index (χ0n) is 23.8. The molecule has 1 atom stereocenters. The van der Waals surface area contributed by atoms with Crippen LogP contribution in [0.4, 0.5) is 0 Å². The molecule has 8 nitrogen and oxygen atoms in total. The highest BCUT2D eigenvalue weighted by atomic mass is 35.5. The fourth-order valence-electron chi connectivity index (χ4n) is 3.21. The summed E-state index contributed by atoms with van der Waals surface area (Å²) in [4.78, 5) is 38.1. The largest absolute Gasteiger partial charge is 0.505 e. The van der Waals surface area contributed by atoms with Gasteiger partial charge in [0.15, 0.2) is 17.7 Å². The molecule has 0 aliphatic carbocycles. The molecule has 0 saturated carbocycles. The smallest absolute Gasteiger partial charge is 0.343 e. The van der Waals surface area contributed by atoms with E-state index in [-0.39, 0.29) is 42.2 Å². The van der Waals surface area contributed by atoms with Crippen molar-refractivity contribution in [1.29, 1.82) is 0 Å². The summed E-state index contributed by atoms with van der Waals surface area (Å²) in [6.07, 6.45) is 0.170. The zero-order valence-corrected chi connectivity index (χ0v) is 26.1. The summed E-state index contributed by atoms with van der Waals surface area (Å²) in [5.74, 6) is -3.44. The Bertz CT molecular complexity index is 1350. The highest BCUT2D eigenvalue weighted by Crippen LogP contribution is 2.42. The average Bonchev–Trinajstić information content (AvgIpc) is 2.97. The number of allylic oxidation sites excluding steroid dienone is 1. The molecule has 0 spiro atoms. The van der Waals surface area contributed by atoms with Gasteiger partial charge in [-0.25, -0.2) is 4.79 Å². The third kappa shape index (κ3) is 10.9. The average molecular weight is 640 g/mol. The van der Waals surface area contributed by atoms with Crippen molar-refractivity contribution in [2.24, 2.45) is 5.92 Å². The van der Waals surface area contributed by atoms with Crippen molar-refractivity contribution < 1.29 is 30.4 Å². The molecule has 0 fully saturated rings. The molecule has 0 saturated heterocycles. The van der Waals surface area contributed by atoms with Gasteiger partial charge in [0.1, 0.15) is 5.02 Å². The fourth-order valence-corrected chi connectivity index (χ4v) is 3.71. The predicted molar refractivity (Wildman–Crippen MR) is 170 cm³/mol. The minimum absolute atomic E-state index is 0. The lowest BCUT2D eigenvalue weighted by Crippen LogP contribution is -2.41. The van der Waals surface area contributed by atoms with Gasteiger partial charge in [0.25, 0.3) is 5.91 Å². The van der Waals surface area contributed by atoms with Crippen LogP contribution in [-0.4, -0.2) is 36.2 Å². The lowest BCUT2D eigenvalue weighted by molar-refractivity contribution is -0.153. The number of carbonyl (C=O) groups is 3. The number of amides is 1. The number of phenolic OH excluding ortho intramolecular Hbond substituents is 1. The van der Waals surface area contributed by atoms with E-state index < -0.39 is 40.8 Å². The van der Waals surface area contributed by atoms with Crippen LogP contribution in [0.5, 0.6) is 11.5 Å². The van der Waals surface area contributed by atoms with E-state index in [0.717, 1.165) is 23.7 Å². The van der Waals surface area contributed by atoms with E-state index in [1.165, 1.54) is 12.1 Å². The number of carbonyl (C=O) groups excluding carboxylic acids is 3. The summed E-state index contributed by atoms with van der Waals surface area (Å²) in [5.41, 5.74) is 1.89. The molecule has 0 unspecified atom stereocenters. The van der Waals surface area contributed by atoms with Gasteiger partial charge in [-0.1, -0.05) is 99.1 Å². The van der Waals surface area contributed by atoms with Crippen LogP contribution >= 0.6 is 35.6 Å². The number of halogens is 3. The summed E-state index contributed by atoms with van der Waals surface area (Å²) < 4.78 is 10.9. The van der Waals surface area contributed by atoms with Crippen molar-refractivity contribution in [2.45, 2.75) is 39.8 Å². The molecule has 0 bridgehead atoms. The Hall–Kier alpha value is -3.72. The van der Waals surface area contributed by atoms with E-state index in [4.69, 9.17) is 32.7 Å². The number of benzene rings is 3. The normalized spacial score (nSPS) is 10.7. The molecule has 0 aliphatic heterocycles. The lowest BCUT2D eigenvalue weighted by Gasteiger charge is -2.22. The van der Waals surface area contributed by atoms with Crippen molar-refractivity contribution in [2.75, 3.05) is 7.05 Å². The topological polar surface area (TPSA) is 114 Å². The maximum Gasteiger partial charge on any atom is 0.343 e. The van der Waals surface area contributed by atoms with Crippen LogP contribution < -0.4 is 15.4 Å². The number of phenols is 1. The number of esters is 2. The van der Waals surface area contributed by atoms with Gasteiger partial charge in [-0.05, 0) is 30.2 Å². The minimum atomic E-state index is -1.04. The van der Waals surface area contributed by atoms with Crippen LogP contribution in [0.2, 0.25) is 10.0 Å². The summed E-state index contributed by atoms with van der Waals surface area (Å²) in [6.45, 7) is 9.09. The van der Waals surface area contributed by atoms with Gasteiger partial charge in [-0.2, -0.15) is 0 Å². The molecular weight excluding hydrogens is 603 g/mol. The SMILES string of the molecule is C=C(CC)NC.CC(C)C(=O)O[C@H](Cc1ccccc1)NC(=O)c1cc(Cl)c(O)c(Cl)c1OC(=O)c1ccccc1.Cl.[HH]. The Morgan fingerprint density at radius 3 is 2.10 bits per heavy atom. The van der Waals surface area contributed by atoms with Crippen molar-refractivity contribution in [1.82, 2.24) is 10.6 Å². The van der Waals surface area contributed by atoms with Crippen LogP contribution in [0.3, 0.4) is 0 Å². The van der Waals surface area contributed by atoms with Crippen LogP contribution in [0.25, 0.3) is 0 Å². The molecule has 0 aromatic heterocycles. The summed E-state index contributed by atoms with van der Waals surface area (Å²) >= 11 is 12.2.